The fourth-order valence-electron chi connectivity index (χ4n) is 2.45. The Bertz CT molecular complexity index is 784. The number of alkyl halides is 2. The summed E-state index contributed by atoms with van der Waals surface area (Å²) < 4.78 is 24.6. The second-order valence-corrected chi connectivity index (χ2v) is 6.45. The molecule has 0 saturated heterocycles. The minimum Gasteiger partial charge on any atom is -0.372 e. The topological polar surface area (TPSA) is 70.2 Å². The van der Waals surface area contributed by atoms with Crippen LogP contribution in [0.2, 0.25) is 0 Å². The molecule has 0 fully saturated rings. The van der Waals surface area contributed by atoms with E-state index in [0.717, 1.165) is 5.69 Å². The second-order valence-electron chi connectivity index (χ2n) is 5.39. The summed E-state index contributed by atoms with van der Waals surface area (Å²) in [5.74, 6) is -3.11. The maximum atomic E-state index is 12.3. The van der Waals surface area contributed by atoms with Gasteiger partial charge in [-0.1, -0.05) is 23.9 Å². The molecule has 25 heavy (non-hydrogen) atoms. The van der Waals surface area contributed by atoms with E-state index in [-0.39, 0.29) is 18.2 Å². The lowest BCUT2D eigenvalue weighted by Crippen LogP contribution is -2.41. The van der Waals surface area contributed by atoms with E-state index in [9.17, 15) is 18.4 Å². The second kappa shape index (κ2) is 7.52. The zero-order chi connectivity index (χ0) is 17.8. The minimum absolute atomic E-state index is 0.0479. The van der Waals surface area contributed by atoms with Crippen LogP contribution < -0.4 is 16.0 Å². The van der Waals surface area contributed by atoms with Crippen LogP contribution >= 0.6 is 11.8 Å². The largest absolute Gasteiger partial charge is 0.372 e. The lowest BCUT2D eigenvalue weighted by Gasteiger charge is -2.26. The van der Waals surface area contributed by atoms with Crippen molar-refractivity contribution < 1.29 is 18.4 Å². The van der Waals surface area contributed by atoms with Gasteiger partial charge in [0.1, 0.15) is 6.04 Å². The molecule has 0 radical (unpaired) electrons. The van der Waals surface area contributed by atoms with Gasteiger partial charge in [0.2, 0.25) is 11.8 Å². The molecule has 0 spiro atoms. The number of nitrogens with one attached hydrogen (secondary N) is 3. The predicted molar refractivity (Wildman–Crippen MR) is 94.0 cm³/mol. The van der Waals surface area contributed by atoms with Gasteiger partial charge in [0.05, 0.1) is 17.8 Å². The molecule has 1 atom stereocenters. The fourth-order valence-corrected chi connectivity index (χ4v) is 2.95. The van der Waals surface area contributed by atoms with Gasteiger partial charge in [-0.15, -0.1) is 0 Å². The Morgan fingerprint density at radius 1 is 1.12 bits per heavy atom. The molecule has 1 aliphatic rings. The molecule has 0 saturated carbocycles. The van der Waals surface area contributed by atoms with Gasteiger partial charge < -0.3 is 16.0 Å². The summed E-state index contributed by atoms with van der Waals surface area (Å²) in [4.78, 5) is 24.6. The highest BCUT2D eigenvalue weighted by molar-refractivity contribution is 7.99. The SMILES string of the molecule is O=C(C[C@H]1Nc2ccccc2NC1=O)Nc1ccc(SC(F)F)cc1. The fraction of sp³-hybridized carbons (Fsp3) is 0.176. The van der Waals surface area contributed by atoms with Crippen molar-refractivity contribution >= 4 is 40.6 Å². The quantitative estimate of drug-likeness (QED) is 0.708. The van der Waals surface area contributed by atoms with Crippen LogP contribution in [-0.4, -0.2) is 23.6 Å². The third-order valence-electron chi connectivity index (χ3n) is 3.58. The van der Waals surface area contributed by atoms with Crippen LogP contribution in [0.5, 0.6) is 0 Å². The van der Waals surface area contributed by atoms with E-state index in [1.54, 1.807) is 18.2 Å². The van der Waals surface area contributed by atoms with Crippen molar-refractivity contribution in [2.75, 3.05) is 16.0 Å². The number of amides is 2. The number of hydrogen-bond acceptors (Lipinski definition) is 4. The molecule has 2 amide bonds. The van der Waals surface area contributed by atoms with Crippen molar-refractivity contribution in [3.05, 3.63) is 48.5 Å². The number of halogens is 2. The first-order chi connectivity index (χ1) is 12.0. The van der Waals surface area contributed by atoms with Gasteiger partial charge in [-0.05, 0) is 36.4 Å². The van der Waals surface area contributed by atoms with Crippen LogP contribution in [-0.2, 0) is 9.59 Å². The molecule has 0 aliphatic carbocycles. The maximum Gasteiger partial charge on any atom is 0.288 e. The highest BCUT2D eigenvalue weighted by atomic mass is 32.2. The lowest BCUT2D eigenvalue weighted by atomic mass is 10.1. The molecule has 3 N–H and O–H groups in total. The Morgan fingerprint density at radius 2 is 1.80 bits per heavy atom. The van der Waals surface area contributed by atoms with Crippen LogP contribution in [0.1, 0.15) is 6.42 Å². The van der Waals surface area contributed by atoms with E-state index >= 15 is 0 Å². The molecule has 1 heterocycles. The van der Waals surface area contributed by atoms with Gasteiger partial charge in [-0.25, -0.2) is 0 Å². The first kappa shape index (κ1) is 17.2. The molecule has 0 aromatic heterocycles. The third kappa shape index (κ3) is 4.48. The van der Waals surface area contributed by atoms with Gasteiger partial charge in [0.15, 0.2) is 0 Å². The number of anilines is 3. The van der Waals surface area contributed by atoms with E-state index in [1.165, 1.54) is 12.1 Å². The average Bonchev–Trinajstić information content (AvgIpc) is 2.57. The minimum atomic E-state index is -2.49. The molecule has 130 valence electrons. The van der Waals surface area contributed by atoms with Gasteiger partial charge in [0.25, 0.3) is 5.76 Å². The number of thioether (sulfide) groups is 1. The Hall–Kier alpha value is -2.61. The molecule has 2 aromatic rings. The van der Waals surface area contributed by atoms with Crippen LogP contribution in [0.25, 0.3) is 0 Å². The van der Waals surface area contributed by atoms with Gasteiger partial charge in [-0.3, -0.25) is 9.59 Å². The first-order valence-corrected chi connectivity index (χ1v) is 8.40. The number of rotatable bonds is 5. The zero-order valence-corrected chi connectivity index (χ0v) is 13.8. The number of para-hydroxylation sites is 2. The Labute approximate surface area is 147 Å². The van der Waals surface area contributed by atoms with Gasteiger partial charge in [0, 0.05) is 10.6 Å². The van der Waals surface area contributed by atoms with Crippen molar-refractivity contribution in [2.45, 2.75) is 23.1 Å². The predicted octanol–water partition coefficient (Wildman–Crippen LogP) is 3.76. The van der Waals surface area contributed by atoms with Crippen molar-refractivity contribution in [3.63, 3.8) is 0 Å². The molecule has 5 nitrogen and oxygen atoms in total. The molecule has 0 bridgehead atoms. The molecule has 0 unspecified atom stereocenters. The lowest BCUT2D eigenvalue weighted by molar-refractivity contribution is -0.122. The molecule has 8 heteroatoms. The maximum absolute atomic E-state index is 12.3. The molecule has 1 aliphatic heterocycles. The summed E-state index contributed by atoms with van der Waals surface area (Å²) in [5, 5.41) is 8.44. The van der Waals surface area contributed by atoms with E-state index in [4.69, 9.17) is 0 Å². The third-order valence-corrected chi connectivity index (χ3v) is 4.31. The van der Waals surface area contributed by atoms with Crippen LogP contribution in [0.15, 0.2) is 53.4 Å². The summed E-state index contributed by atoms with van der Waals surface area (Å²) in [7, 11) is 0. The number of carbonyl (C=O) groups is 2. The first-order valence-electron chi connectivity index (χ1n) is 7.52. The monoisotopic (exact) mass is 363 g/mol. The van der Waals surface area contributed by atoms with Gasteiger partial charge in [-0.2, -0.15) is 8.78 Å². The Morgan fingerprint density at radius 3 is 2.48 bits per heavy atom. The van der Waals surface area contributed by atoms with Crippen molar-refractivity contribution in [3.8, 4) is 0 Å². The van der Waals surface area contributed by atoms with Crippen molar-refractivity contribution in [1.82, 2.24) is 0 Å². The molecular formula is C17H15F2N3O2S. The molecular weight excluding hydrogens is 348 g/mol. The van der Waals surface area contributed by atoms with Crippen molar-refractivity contribution in [2.24, 2.45) is 0 Å². The average molecular weight is 363 g/mol. The number of carbonyl (C=O) groups excluding carboxylic acids is 2. The Kier molecular flexibility index (Phi) is 5.18. The zero-order valence-electron chi connectivity index (χ0n) is 13.0. The molecule has 2 aromatic carbocycles. The number of benzene rings is 2. The summed E-state index contributed by atoms with van der Waals surface area (Å²) in [6.07, 6.45) is -0.0479. The molecule has 3 rings (SSSR count). The summed E-state index contributed by atoms with van der Waals surface area (Å²) in [6, 6.07) is 12.7. The highest BCUT2D eigenvalue weighted by Crippen LogP contribution is 2.28. The smallest absolute Gasteiger partial charge is 0.288 e. The summed E-state index contributed by atoms with van der Waals surface area (Å²) in [5.41, 5.74) is 1.92. The summed E-state index contributed by atoms with van der Waals surface area (Å²) in [6.45, 7) is 0. The van der Waals surface area contributed by atoms with Crippen LogP contribution in [0, 0.1) is 0 Å². The highest BCUT2D eigenvalue weighted by Gasteiger charge is 2.27. The standard InChI is InChI=1S/C17H15F2N3O2S/c18-17(19)25-11-7-5-10(6-8-11)20-15(23)9-14-16(24)22-13-4-2-1-3-12(13)21-14/h1-8,14,17,21H,9H2,(H,20,23)(H,22,24)/t14-/m1/s1. The van der Waals surface area contributed by atoms with Crippen LogP contribution in [0.3, 0.4) is 0 Å². The van der Waals surface area contributed by atoms with Crippen LogP contribution in [0.4, 0.5) is 25.8 Å². The number of hydrogen-bond donors (Lipinski definition) is 3. The normalized spacial score (nSPS) is 16.0. The van der Waals surface area contributed by atoms with E-state index in [2.05, 4.69) is 16.0 Å². The van der Waals surface area contributed by atoms with E-state index < -0.39 is 11.8 Å². The van der Waals surface area contributed by atoms with Crippen molar-refractivity contribution in [1.29, 1.82) is 0 Å². The van der Waals surface area contributed by atoms with Gasteiger partial charge >= 0.3 is 0 Å². The van der Waals surface area contributed by atoms with E-state index in [0.29, 0.717) is 28.0 Å². The van der Waals surface area contributed by atoms with E-state index in [1.807, 2.05) is 18.2 Å². The number of fused-ring (bicyclic) bond motifs is 1. The Balaban J connectivity index is 1.58. The summed E-state index contributed by atoms with van der Waals surface area (Å²) >= 11 is 0.439.